The van der Waals surface area contributed by atoms with Crippen molar-refractivity contribution in [1.82, 2.24) is 19.9 Å². The summed E-state index contributed by atoms with van der Waals surface area (Å²) in [4.78, 5) is 15.5. The monoisotopic (exact) mass is 354 g/mol. The Labute approximate surface area is 152 Å². The molecule has 1 unspecified atom stereocenters. The van der Waals surface area contributed by atoms with Crippen LogP contribution < -0.4 is 0 Å². The molecule has 2 heterocycles. The predicted molar refractivity (Wildman–Crippen MR) is 99.1 cm³/mol. The fraction of sp³-hybridized carbons (Fsp3) is 0.350. The Morgan fingerprint density at radius 1 is 1.15 bits per heavy atom. The van der Waals surface area contributed by atoms with Gasteiger partial charge in [0.05, 0.1) is 0 Å². The molecular formula is C20H23FN4O. The van der Waals surface area contributed by atoms with Crippen molar-refractivity contribution in [2.24, 2.45) is 0 Å². The average Bonchev–Trinajstić information content (AvgIpc) is 3.12. The third-order valence-corrected chi connectivity index (χ3v) is 4.45. The summed E-state index contributed by atoms with van der Waals surface area (Å²) >= 11 is 0. The number of nitrogens with zero attached hydrogens (tertiary/aromatic N) is 4. The van der Waals surface area contributed by atoms with Gasteiger partial charge >= 0.3 is 0 Å². The summed E-state index contributed by atoms with van der Waals surface area (Å²) in [6.45, 7) is 6.21. The predicted octanol–water partition coefficient (Wildman–Crippen LogP) is 4.38. The molecule has 1 atom stereocenters. The molecule has 0 amide bonds. The molecule has 0 saturated carbocycles. The molecule has 0 spiro atoms. The first-order valence-electron chi connectivity index (χ1n) is 8.81. The van der Waals surface area contributed by atoms with E-state index in [0.717, 1.165) is 30.8 Å². The molecule has 26 heavy (non-hydrogen) atoms. The Balaban J connectivity index is 1.96. The van der Waals surface area contributed by atoms with Gasteiger partial charge in [-0.25, -0.2) is 19.3 Å². The van der Waals surface area contributed by atoms with Crippen molar-refractivity contribution >= 4 is 0 Å². The zero-order valence-corrected chi connectivity index (χ0v) is 15.3. The van der Waals surface area contributed by atoms with Crippen LogP contribution in [0.3, 0.4) is 0 Å². The maximum atomic E-state index is 13.2. The Hall–Kier alpha value is -2.60. The normalized spacial score (nSPS) is 12.5. The van der Waals surface area contributed by atoms with Gasteiger partial charge in [0.15, 0.2) is 11.5 Å². The van der Waals surface area contributed by atoms with Crippen LogP contribution in [0.2, 0.25) is 0 Å². The zero-order chi connectivity index (χ0) is 18.5. The minimum absolute atomic E-state index is 0.157. The van der Waals surface area contributed by atoms with Gasteiger partial charge < -0.3 is 9.32 Å². The summed E-state index contributed by atoms with van der Waals surface area (Å²) in [6, 6.07) is 7.89. The lowest BCUT2D eigenvalue weighted by molar-refractivity contribution is 0.328. The lowest BCUT2D eigenvalue weighted by Crippen LogP contribution is -2.20. The molecule has 0 fully saturated rings. The zero-order valence-electron chi connectivity index (χ0n) is 15.3. The van der Waals surface area contributed by atoms with E-state index < -0.39 is 0 Å². The van der Waals surface area contributed by atoms with Crippen molar-refractivity contribution in [3.05, 3.63) is 54.3 Å². The molecule has 0 radical (unpaired) electrons. The second-order valence-electron chi connectivity index (χ2n) is 6.40. The quantitative estimate of drug-likeness (QED) is 0.630. The van der Waals surface area contributed by atoms with Crippen LogP contribution in [-0.2, 0) is 0 Å². The first kappa shape index (κ1) is 18.2. The van der Waals surface area contributed by atoms with E-state index in [1.807, 2.05) is 0 Å². The smallest absolute Gasteiger partial charge is 0.227 e. The van der Waals surface area contributed by atoms with Crippen molar-refractivity contribution in [2.45, 2.75) is 26.2 Å². The topological polar surface area (TPSA) is 55.1 Å². The molecule has 0 N–H and O–H groups in total. The van der Waals surface area contributed by atoms with E-state index in [1.165, 1.54) is 12.1 Å². The molecule has 5 nitrogen and oxygen atoms in total. The highest BCUT2D eigenvalue weighted by molar-refractivity contribution is 5.61. The summed E-state index contributed by atoms with van der Waals surface area (Å²) < 4.78 is 19.3. The van der Waals surface area contributed by atoms with Gasteiger partial charge in [0.25, 0.3) is 0 Å². The van der Waals surface area contributed by atoms with Gasteiger partial charge in [-0.1, -0.05) is 13.8 Å². The SMILES string of the molecule is CCN(C)CCC(C)c1oc(-c2ccc(F)cc2)nc1-c1ncccn1. The number of hydrogen-bond acceptors (Lipinski definition) is 5. The van der Waals surface area contributed by atoms with E-state index in [1.54, 1.807) is 30.6 Å². The highest BCUT2D eigenvalue weighted by atomic mass is 19.1. The van der Waals surface area contributed by atoms with Crippen LogP contribution in [0.5, 0.6) is 0 Å². The molecule has 0 aliphatic rings. The largest absolute Gasteiger partial charge is 0.440 e. The van der Waals surface area contributed by atoms with Gasteiger partial charge in [-0.2, -0.15) is 0 Å². The Morgan fingerprint density at radius 2 is 1.85 bits per heavy atom. The van der Waals surface area contributed by atoms with Crippen LogP contribution in [0, 0.1) is 5.82 Å². The van der Waals surface area contributed by atoms with Crippen molar-refractivity contribution in [1.29, 1.82) is 0 Å². The first-order chi connectivity index (χ1) is 12.6. The van der Waals surface area contributed by atoms with Crippen LogP contribution in [0.25, 0.3) is 23.0 Å². The minimum atomic E-state index is -0.289. The molecular weight excluding hydrogens is 331 g/mol. The second kappa shape index (κ2) is 8.19. The maximum absolute atomic E-state index is 13.2. The van der Waals surface area contributed by atoms with Crippen LogP contribution in [0.1, 0.15) is 31.9 Å². The van der Waals surface area contributed by atoms with Crippen LogP contribution in [0.15, 0.2) is 47.1 Å². The van der Waals surface area contributed by atoms with Crippen molar-refractivity contribution in [3.8, 4) is 23.0 Å². The number of benzene rings is 1. The van der Waals surface area contributed by atoms with Gasteiger partial charge in [-0.3, -0.25) is 0 Å². The van der Waals surface area contributed by atoms with Crippen LogP contribution in [0.4, 0.5) is 4.39 Å². The van der Waals surface area contributed by atoms with Crippen LogP contribution >= 0.6 is 0 Å². The first-order valence-corrected chi connectivity index (χ1v) is 8.81. The van der Waals surface area contributed by atoms with Gasteiger partial charge in [-0.15, -0.1) is 0 Å². The number of halogens is 1. The third-order valence-electron chi connectivity index (χ3n) is 4.45. The summed E-state index contributed by atoms with van der Waals surface area (Å²) in [6.07, 6.45) is 4.31. The fourth-order valence-corrected chi connectivity index (χ4v) is 2.67. The standard InChI is InChI=1S/C20H23FN4O/c1-4-25(3)13-10-14(2)18-17(19-22-11-5-12-23-19)24-20(26-18)15-6-8-16(21)9-7-15/h5-9,11-12,14H,4,10,13H2,1-3H3. The lowest BCUT2D eigenvalue weighted by atomic mass is 10.0. The molecule has 3 rings (SSSR count). The van der Waals surface area contributed by atoms with Crippen LogP contribution in [-0.4, -0.2) is 40.0 Å². The Kier molecular flexibility index (Phi) is 5.73. The van der Waals surface area contributed by atoms with E-state index in [9.17, 15) is 4.39 Å². The Bertz CT molecular complexity index is 833. The fourth-order valence-electron chi connectivity index (χ4n) is 2.67. The number of oxazole rings is 1. The summed E-state index contributed by atoms with van der Waals surface area (Å²) in [5.74, 6) is 1.63. The lowest BCUT2D eigenvalue weighted by Gasteiger charge is -2.16. The Morgan fingerprint density at radius 3 is 2.50 bits per heavy atom. The number of rotatable bonds is 7. The molecule has 0 aliphatic heterocycles. The highest BCUT2D eigenvalue weighted by Crippen LogP contribution is 2.33. The minimum Gasteiger partial charge on any atom is -0.440 e. The number of aromatic nitrogens is 3. The highest BCUT2D eigenvalue weighted by Gasteiger charge is 2.23. The second-order valence-corrected chi connectivity index (χ2v) is 6.40. The van der Waals surface area contributed by atoms with Crippen molar-refractivity contribution < 1.29 is 8.81 Å². The molecule has 3 aromatic rings. The summed E-state index contributed by atoms with van der Waals surface area (Å²) in [5, 5.41) is 0. The van der Waals surface area contributed by atoms with Gasteiger partial charge in [0.1, 0.15) is 11.6 Å². The maximum Gasteiger partial charge on any atom is 0.227 e. The van der Waals surface area contributed by atoms with E-state index >= 15 is 0 Å². The molecule has 136 valence electrons. The molecule has 2 aromatic heterocycles. The van der Waals surface area contributed by atoms with E-state index in [4.69, 9.17) is 4.42 Å². The molecule has 1 aromatic carbocycles. The third kappa shape index (κ3) is 4.14. The molecule has 0 saturated heterocycles. The van der Waals surface area contributed by atoms with E-state index in [-0.39, 0.29) is 11.7 Å². The van der Waals surface area contributed by atoms with E-state index in [0.29, 0.717) is 17.4 Å². The van der Waals surface area contributed by atoms with E-state index in [2.05, 4.69) is 40.7 Å². The molecule has 0 bridgehead atoms. The van der Waals surface area contributed by atoms with Gasteiger partial charge in [0, 0.05) is 23.9 Å². The van der Waals surface area contributed by atoms with Crippen molar-refractivity contribution in [3.63, 3.8) is 0 Å². The number of hydrogen-bond donors (Lipinski definition) is 0. The summed E-state index contributed by atoms with van der Waals surface area (Å²) in [5.41, 5.74) is 1.38. The molecule has 0 aliphatic carbocycles. The van der Waals surface area contributed by atoms with Crippen molar-refractivity contribution in [2.75, 3.05) is 20.1 Å². The molecule has 6 heteroatoms. The van der Waals surface area contributed by atoms with Gasteiger partial charge in [0.2, 0.25) is 5.89 Å². The summed E-state index contributed by atoms with van der Waals surface area (Å²) in [7, 11) is 2.10. The van der Waals surface area contributed by atoms with Gasteiger partial charge in [-0.05, 0) is 56.9 Å². The average molecular weight is 354 g/mol.